The first-order chi connectivity index (χ1) is 10.6. The van der Waals surface area contributed by atoms with Gasteiger partial charge in [-0.25, -0.2) is 4.39 Å². The average Bonchev–Trinajstić information content (AvgIpc) is 2.55. The Morgan fingerprint density at radius 1 is 1.05 bits per heavy atom. The summed E-state index contributed by atoms with van der Waals surface area (Å²) in [5.74, 6) is 0.279. The van der Waals surface area contributed by atoms with Crippen LogP contribution in [-0.4, -0.2) is 24.5 Å². The minimum atomic E-state index is -0.281. The molecule has 0 saturated heterocycles. The van der Waals surface area contributed by atoms with Crippen LogP contribution < -0.4 is 4.74 Å². The molecule has 0 heterocycles. The topological polar surface area (TPSA) is 29.5 Å². The molecular weight excluding hydrogens is 281 g/mol. The first-order valence-corrected chi connectivity index (χ1v) is 7.28. The summed E-state index contributed by atoms with van der Waals surface area (Å²) < 4.78 is 18.3. The number of aryl methyl sites for hydroxylation is 1. The van der Waals surface area contributed by atoms with Gasteiger partial charge in [0.2, 0.25) is 0 Å². The summed E-state index contributed by atoms with van der Waals surface area (Å²) in [4.78, 5) is 13.6. The second kappa shape index (κ2) is 7.59. The van der Waals surface area contributed by atoms with Crippen molar-refractivity contribution in [1.82, 2.24) is 4.90 Å². The minimum Gasteiger partial charge on any atom is -0.484 e. The molecule has 0 atom stereocenters. The summed E-state index contributed by atoms with van der Waals surface area (Å²) in [6.07, 6.45) is 0.972. The average molecular weight is 301 g/mol. The van der Waals surface area contributed by atoms with Gasteiger partial charge in [-0.15, -0.1) is 0 Å². The Balaban J connectivity index is 1.84. The van der Waals surface area contributed by atoms with E-state index in [0.717, 1.165) is 12.0 Å². The number of amides is 1. The van der Waals surface area contributed by atoms with Gasteiger partial charge in [0.05, 0.1) is 0 Å². The molecule has 0 aliphatic rings. The Morgan fingerprint density at radius 2 is 1.64 bits per heavy atom. The summed E-state index contributed by atoms with van der Waals surface area (Å²) in [5.41, 5.74) is 2.11. The minimum absolute atomic E-state index is 0.0107. The van der Waals surface area contributed by atoms with Crippen molar-refractivity contribution in [3.05, 3.63) is 65.5 Å². The molecule has 2 aromatic rings. The van der Waals surface area contributed by atoms with E-state index < -0.39 is 0 Å². The number of carbonyl (C=O) groups is 1. The Morgan fingerprint density at radius 3 is 2.23 bits per heavy atom. The van der Waals surface area contributed by atoms with Crippen molar-refractivity contribution in [3.63, 3.8) is 0 Å². The molecular formula is C18H20FNO2. The number of halogens is 1. The maximum absolute atomic E-state index is 12.8. The molecule has 0 bridgehead atoms. The maximum atomic E-state index is 12.8. The Kier molecular flexibility index (Phi) is 5.53. The Labute approximate surface area is 130 Å². The third-order valence-corrected chi connectivity index (χ3v) is 3.45. The SMILES string of the molecule is CCc1ccc(OCC(=O)N(C)Cc2ccc(F)cc2)cc1. The molecule has 2 aromatic carbocycles. The monoisotopic (exact) mass is 301 g/mol. The summed E-state index contributed by atoms with van der Waals surface area (Å²) >= 11 is 0. The number of nitrogens with zero attached hydrogens (tertiary/aromatic N) is 1. The van der Waals surface area contributed by atoms with Gasteiger partial charge >= 0.3 is 0 Å². The number of carbonyl (C=O) groups excluding carboxylic acids is 1. The predicted octanol–water partition coefficient (Wildman–Crippen LogP) is 3.43. The maximum Gasteiger partial charge on any atom is 0.260 e. The molecule has 0 saturated carbocycles. The molecule has 2 rings (SSSR count). The van der Waals surface area contributed by atoms with Crippen LogP contribution in [0.2, 0.25) is 0 Å². The standard InChI is InChI=1S/C18H20FNO2/c1-3-14-6-10-17(11-7-14)22-13-18(21)20(2)12-15-4-8-16(19)9-5-15/h4-11H,3,12-13H2,1-2H3. The van der Waals surface area contributed by atoms with Crippen molar-refractivity contribution in [2.24, 2.45) is 0 Å². The lowest BCUT2D eigenvalue weighted by Crippen LogP contribution is -2.30. The predicted molar refractivity (Wildman–Crippen MR) is 84.2 cm³/mol. The van der Waals surface area contributed by atoms with Crippen LogP contribution in [-0.2, 0) is 17.8 Å². The van der Waals surface area contributed by atoms with E-state index in [2.05, 4.69) is 6.92 Å². The van der Waals surface area contributed by atoms with Crippen molar-refractivity contribution < 1.29 is 13.9 Å². The molecule has 0 aliphatic carbocycles. The lowest BCUT2D eigenvalue weighted by molar-refractivity contribution is -0.132. The molecule has 0 N–H and O–H groups in total. The normalized spacial score (nSPS) is 10.3. The molecule has 116 valence electrons. The van der Waals surface area contributed by atoms with E-state index in [1.807, 2.05) is 24.3 Å². The van der Waals surface area contributed by atoms with E-state index in [4.69, 9.17) is 4.74 Å². The largest absolute Gasteiger partial charge is 0.484 e. The molecule has 22 heavy (non-hydrogen) atoms. The van der Waals surface area contributed by atoms with Crippen molar-refractivity contribution in [3.8, 4) is 5.75 Å². The highest BCUT2D eigenvalue weighted by Crippen LogP contribution is 2.13. The summed E-state index contributed by atoms with van der Waals surface area (Å²) in [7, 11) is 1.70. The summed E-state index contributed by atoms with van der Waals surface area (Å²) in [6.45, 7) is 2.50. The number of hydrogen-bond acceptors (Lipinski definition) is 2. The summed E-state index contributed by atoms with van der Waals surface area (Å²) in [5, 5.41) is 0. The molecule has 1 amide bonds. The van der Waals surface area contributed by atoms with E-state index in [1.54, 1.807) is 24.1 Å². The van der Waals surface area contributed by atoms with Crippen LogP contribution >= 0.6 is 0 Å². The molecule has 0 aliphatic heterocycles. The first kappa shape index (κ1) is 16.0. The van der Waals surface area contributed by atoms with E-state index in [0.29, 0.717) is 12.3 Å². The van der Waals surface area contributed by atoms with Crippen molar-refractivity contribution in [2.45, 2.75) is 19.9 Å². The molecule has 0 fully saturated rings. The molecule has 3 nitrogen and oxygen atoms in total. The van der Waals surface area contributed by atoms with Gasteiger partial charge in [-0.2, -0.15) is 0 Å². The van der Waals surface area contributed by atoms with Crippen LogP contribution in [0.15, 0.2) is 48.5 Å². The third-order valence-electron chi connectivity index (χ3n) is 3.45. The fraction of sp³-hybridized carbons (Fsp3) is 0.278. The van der Waals surface area contributed by atoms with Crippen molar-refractivity contribution >= 4 is 5.91 Å². The zero-order chi connectivity index (χ0) is 15.9. The van der Waals surface area contributed by atoms with E-state index in [1.165, 1.54) is 17.7 Å². The highest BCUT2D eigenvalue weighted by atomic mass is 19.1. The molecule has 4 heteroatoms. The second-order valence-electron chi connectivity index (χ2n) is 5.16. The van der Waals surface area contributed by atoms with Gasteiger partial charge in [0.1, 0.15) is 11.6 Å². The van der Waals surface area contributed by atoms with Gasteiger partial charge in [0.15, 0.2) is 6.61 Å². The number of rotatable bonds is 6. The van der Waals surface area contributed by atoms with Crippen LogP contribution in [0.3, 0.4) is 0 Å². The van der Waals surface area contributed by atoms with Crippen LogP contribution in [0.4, 0.5) is 4.39 Å². The van der Waals surface area contributed by atoms with Crippen molar-refractivity contribution in [1.29, 1.82) is 0 Å². The molecule has 0 radical (unpaired) electrons. The highest BCUT2D eigenvalue weighted by molar-refractivity contribution is 5.77. The fourth-order valence-electron chi connectivity index (χ4n) is 2.03. The van der Waals surface area contributed by atoms with E-state index in [9.17, 15) is 9.18 Å². The van der Waals surface area contributed by atoms with Gasteiger partial charge in [-0.05, 0) is 41.8 Å². The lowest BCUT2D eigenvalue weighted by Gasteiger charge is -2.17. The Hall–Kier alpha value is -2.36. The van der Waals surface area contributed by atoms with Gasteiger partial charge in [0, 0.05) is 13.6 Å². The highest BCUT2D eigenvalue weighted by Gasteiger charge is 2.10. The number of ether oxygens (including phenoxy) is 1. The molecule has 0 aromatic heterocycles. The van der Waals surface area contributed by atoms with Gasteiger partial charge < -0.3 is 9.64 Å². The van der Waals surface area contributed by atoms with Crippen molar-refractivity contribution in [2.75, 3.05) is 13.7 Å². The van der Waals surface area contributed by atoms with E-state index >= 15 is 0 Å². The Bertz CT molecular complexity index is 608. The summed E-state index contributed by atoms with van der Waals surface area (Å²) in [6, 6.07) is 13.8. The number of hydrogen-bond donors (Lipinski definition) is 0. The smallest absolute Gasteiger partial charge is 0.260 e. The van der Waals surface area contributed by atoms with Gasteiger partial charge in [0.25, 0.3) is 5.91 Å². The van der Waals surface area contributed by atoms with Crippen LogP contribution in [0, 0.1) is 5.82 Å². The van der Waals surface area contributed by atoms with Crippen LogP contribution in [0.5, 0.6) is 5.75 Å². The number of likely N-dealkylation sites (N-methyl/N-ethyl adjacent to an activating group) is 1. The quantitative estimate of drug-likeness (QED) is 0.818. The van der Waals surface area contributed by atoms with Crippen LogP contribution in [0.25, 0.3) is 0 Å². The van der Waals surface area contributed by atoms with Gasteiger partial charge in [-0.1, -0.05) is 31.2 Å². The number of benzene rings is 2. The van der Waals surface area contributed by atoms with E-state index in [-0.39, 0.29) is 18.3 Å². The zero-order valence-corrected chi connectivity index (χ0v) is 12.9. The molecule has 0 unspecified atom stereocenters. The third kappa shape index (κ3) is 4.58. The lowest BCUT2D eigenvalue weighted by atomic mass is 10.2. The second-order valence-corrected chi connectivity index (χ2v) is 5.16. The van der Waals surface area contributed by atoms with Gasteiger partial charge in [-0.3, -0.25) is 4.79 Å². The fourth-order valence-corrected chi connectivity index (χ4v) is 2.03. The zero-order valence-electron chi connectivity index (χ0n) is 12.9. The molecule has 0 spiro atoms. The first-order valence-electron chi connectivity index (χ1n) is 7.28. The van der Waals surface area contributed by atoms with Crippen LogP contribution in [0.1, 0.15) is 18.1 Å².